The topological polar surface area (TPSA) is 124 Å². The van der Waals surface area contributed by atoms with Gasteiger partial charge in [0, 0.05) is 27.7 Å². The van der Waals surface area contributed by atoms with E-state index in [9.17, 15) is 19.2 Å². The molecule has 0 bridgehead atoms. The molecule has 1 aliphatic heterocycles. The molecule has 1 heterocycles. The molecule has 1 aromatic carbocycles. The average molecular weight is 438 g/mol. The molecule has 0 aliphatic carbocycles. The summed E-state index contributed by atoms with van der Waals surface area (Å²) < 4.78 is 32.6. The van der Waals surface area contributed by atoms with Crippen LogP contribution in [0.1, 0.15) is 33.3 Å². The van der Waals surface area contributed by atoms with E-state index < -0.39 is 54.6 Å². The van der Waals surface area contributed by atoms with Gasteiger partial charge in [-0.25, -0.2) is 0 Å². The van der Waals surface area contributed by atoms with Crippen molar-refractivity contribution in [1.29, 1.82) is 0 Å². The van der Waals surface area contributed by atoms with Gasteiger partial charge < -0.3 is 28.4 Å². The molecule has 10 nitrogen and oxygen atoms in total. The molecular formula is C21H26O10. The number of carbonyl (C=O) groups excluding carboxylic acids is 4. The summed E-state index contributed by atoms with van der Waals surface area (Å²) in [5.41, 5.74) is 0.821. The van der Waals surface area contributed by atoms with Crippen molar-refractivity contribution in [3.63, 3.8) is 0 Å². The number of rotatable bonds is 8. The lowest BCUT2D eigenvalue weighted by molar-refractivity contribution is -0.305. The second kappa shape index (κ2) is 11.4. The molecule has 0 N–H and O–H groups in total. The molecule has 1 aliphatic rings. The number of hydrogen-bond donors (Lipinski definition) is 0. The maximum Gasteiger partial charge on any atom is 0.305 e. The minimum absolute atomic E-state index is 0.105. The van der Waals surface area contributed by atoms with E-state index in [0.717, 1.165) is 19.4 Å². The van der Waals surface area contributed by atoms with Crippen LogP contribution in [0.2, 0.25) is 0 Å². The van der Waals surface area contributed by atoms with Crippen LogP contribution in [0.4, 0.5) is 0 Å². The van der Waals surface area contributed by atoms with Gasteiger partial charge in [0.2, 0.25) is 12.4 Å². The van der Waals surface area contributed by atoms with Gasteiger partial charge in [0.15, 0.2) is 6.10 Å². The van der Waals surface area contributed by atoms with Crippen molar-refractivity contribution in [3.05, 3.63) is 35.9 Å². The fourth-order valence-corrected chi connectivity index (χ4v) is 3.08. The van der Waals surface area contributed by atoms with E-state index in [2.05, 4.69) is 0 Å². The molecule has 1 saturated heterocycles. The summed E-state index contributed by atoms with van der Waals surface area (Å²) in [6.45, 7) is 4.54. The second-order valence-corrected chi connectivity index (χ2v) is 6.86. The van der Waals surface area contributed by atoms with Crippen molar-refractivity contribution in [2.24, 2.45) is 0 Å². The van der Waals surface area contributed by atoms with Crippen molar-refractivity contribution >= 4 is 23.9 Å². The first-order valence-corrected chi connectivity index (χ1v) is 9.63. The number of benzene rings is 1. The molecule has 0 saturated carbocycles. The fourth-order valence-electron chi connectivity index (χ4n) is 3.08. The standard InChI is InChI=1S/C21H26O10/c1-12(22)26-11-17-18(27-10-16-8-6-5-7-9-16)19(28-13(2)23)20(29-14(3)24)21(31-17)30-15(4)25/h5-9,17-21H,10-11H2,1-4H3/t17-,18-,19+,20+,21?/m0/s1. The van der Waals surface area contributed by atoms with E-state index in [1.807, 2.05) is 30.3 Å². The summed E-state index contributed by atoms with van der Waals surface area (Å²) in [6, 6.07) is 9.16. The van der Waals surface area contributed by atoms with E-state index in [-0.39, 0.29) is 13.2 Å². The molecule has 0 spiro atoms. The van der Waals surface area contributed by atoms with E-state index >= 15 is 0 Å². The van der Waals surface area contributed by atoms with Crippen LogP contribution < -0.4 is 0 Å². The summed E-state index contributed by atoms with van der Waals surface area (Å²) in [5, 5.41) is 0. The molecule has 5 atom stereocenters. The molecule has 31 heavy (non-hydrogen) atoms. The molecule has 1 aromatic rings. The van der Waals surface area contributed by atoms with Gasteiger partial charge in [0.25, 0.3) is 0 Å². The van der Waals surface area contributed by atoms with Crippen molar-refractivity contribution in [1.82, 2.24) is 0 Å². The molecule has 1 fully saturated rings. The van der Waals surface area contributed by atoms with Crippen LogP contribution in [-0.4, -0.2) is 61.2 Å². The number of hydrogen-bond acceptors (Lipinski definition) is 10. The molecule has 2 rings (SSSR count). The van der Waals surface area contributed by atoms with Gasteiger partial charge in [-0.2, -0.15) is 0 Å². The lowest BCUT2D eigenvalue weighted by atomic mass is 9.98. The zero-order valence-electron chi connectivity index (χ0n) is 17.8. The van der Waals surface area contributed by atoms with Gasteiger partial charge in [-0.1, -0.05) is 30.3 Å². The quantitative estimate of drug-likeness (QED) is 0.433. The van der Waals surface area contributed by atoms with Crippen LogP contribution in [0.5, 0.6) is 0 Å². The van der Waals surface area contributed by atoms with Gasteiger partial charge in [0.05, 0.1) is 6.61 Å². The molecular weight excluding hydrogens is 412 g/mol. The third-order valence-corrected chi connectivity index (χ3v) is 4.21. The Labute approximate surface area is 179 Å². The molecule has 1 unspecified atom stereocenters. The van der Waals surface area contributed by atoms with Crippen molar-refractivity contribution in [2.45, 2.75) is 65.0 Å². The minimum atomic E-state index is -1.40. The highest BCUT2D eigenvalue weighted by Gasteiger charge is 2.52. The van der Waals surface area contributed by atoms with Gasteiger partial charge in [0.1, 0.15) is 18.8 Å². The minimum Gasteiger partial charge on any atom is -0.463 e. The van der Waals surface area contributed by atoms with Gasteiger partial charge >= 0.3 is 23.9 Å². The van der Waals surface area contributed by atoms with Gasteiger partial charge in [-0.05, 0) is 5.56 Å². The summed E-state index contributed by atoms with van der Waals surface area (Å²) in [7, 11) is 0. The van der Waals surface area contributed by atoms with Crippen LogP contribution in [0.25, 0.3) is 0 Å². The summed E-state index contributed by atoms with van der Waals surface area (Å²) in [5.74, 6) is -2.66. The Morgan fingerprint density at radius 2 is 1.35 bits per heavy atom. The highest BCUT2D eigenvalue weighted by atomic mass is 16.7. The van der Waals surface area contributed by atoms with E-state index in [4.69, 9.17) is 28.4 Å². The van der Waals surface area contributed by atoms with Crippen LogP contribution in [0, 0.1) is 0 Å². The smallest absolute Gasteiger partial charge is 0.305 e. The number of esters is 4. The van der Waals surface area contributed by atoms with E-state index in [1.54, 1.807) is 0 Å². The highest BCUT2D eigenvalue weighted by molar-refractivity contribution is 5.68. The number of ether oxygens (including phenoxy) is 6. The van der Waals surface area contributed by atoms with Gasteiger partial charge in [-0.3, -0.25) is 19.2 Å². The first kappa shape index (κ1) is 24.3. The first-order valence-electron chi connectivity index (χ1n) is 9.63. The van der Waals surface area contributed by atoms with Crippen molar-refractivity contribution in [2.75, 3.05) is 6.61 Å². The van der Waals surface area contributed by atoms with Crippen LogP contribution >= 0.6 is 0 Å². The maximum absolute atomic E-state index is 11.8. The third-order valence-electron chi connectivity index (χ3n) is 4.21. The van der Waals surface area contributed by atoms with Gasteiger partial charge in [-0.15, -0.1) is 0 Å². The molecule has 0 amide bonds. The van der Waals surface area contributed by atoms with Crippen molar-refractivity contribution in [3.8, 4) is 0 Å². The molecule has 170 valence electrons. The Morgan fingerprint density at radius 1 is 0.774 bits per heavy atom. The number of carbonyl (C=O) groups is 4. The molecule has 0 radical (unpaired) electrons. The third kappa shape index (κ3) is 7.65. The lowest BCUT2D eigenvalue weighted by Gasteiger charge is -2.44. The Hall–Kier alpha value is -2.98. The van der Waals surface area contributed by atoms with E-state index in [1.165, 1.54) is 13.8 Å². The summed E-state index contributed by atoms with van der Waals surface area (Å²) >= 11 is 0. The Kier molecular flexibility index (Phi) is 8.95. The zero-order chi connectivity index (χ0) is 23.0. The second-order valence-electron chi connectivity index (χ2n) is 6.86. The SMILES string of the molecule is CC(=O)OC[C@@H]1OC(OC(C)=O)[C@H](OC(C)=O)[C@H](OC(C)=O)[C@H]1OCc1ccccc1. The summed E-state index contributed by atoms with van der Waals surface area (Å²) in [6.07, 6.45) is -5.86. The normalized spacial score (nSPS) is 25.2. The summed E-state index contributed by atoms with van der Waals surface area (Å²) in [4.78, 5) is 46.4. The average Bonchev–Trinajstić information content (AvgIpc) is 2.67. The largest absolute Gasteiger partial charge is 0.463 e. The maximum atomic E-state index is 11.8. The van der Waals surface area contributed by atoms with Crippen LogP contribution in [0.3, 0.4) is 0 Å². The van der Waals surface area contributed by atoms with Crippen molar-refractivity contribution < 1.29 is 47.6 Å². The highest BCUT2D eigenvalue weighted by Crippen LogP contribution is 2.30. The van der Waals surface area contributed by atoms with Crippen LogP contribution in [-0.2, 0) is 54.2 Å². The van der Waals surface area contributed by atoms with E-state index in [0.29, 0.717) is 0 Å². The predicted octanol–water partition coefficient (Wildman–Crippen LogP) is 1.29. The van der Waals surface area contributed by atoms with Crippen LogP contribution in [0.15, 0.2) is 30.3 Å². The Morgan fingerprint density at radius 3 is 1.90 bits per heavy atom. The first-order chi connectivity index (χ1) is 14.7. The lowest BCUT2D eigenvalue weighted by Crippen LogP contribution is -2.62. The molecule has 0 aromatic heterocycles. The Bertz CT molecular complexity index is 778. The fraction of sp³-hybridized carbons (Fsp3) is 0.524. The predicted molar refractivity (Wildman–Crippen MR) is 103 cm³/mol. The molecule has 10 heteroatoms. The zero-order valence-corrected chi connectivity index (χ0v) is 17.8. The monoisotopic (exact) mass is 438 g/mol. The Balaban J connectivity index is 2.37.